The van der Waals surface area contributed by atoms with Crippen molar-refractivity contribution >= 4 is 5.91 Å². The molecule has 2 fully saturated rings. The zero-order valence-corrected chi connectivity index (χ0v) is 14.5. The molecule has 0 N–H and O–H groups in total. The number of hydrogen-bond acceptors (Lipinski definition) is 3. The van der Waals surface area contributed by atoms with Gasteiger partial charge in [-0.3, -0.25) is 9.48 Å². The molecule has 1 aliphatic heterocycles. The lowest BCUT2D eigenvalue weighted by atomic mass is 9.88. The van der Waals surface area contributed by atoms with Crippen LogP contribution < -0.4 is 0 Å². The van der Waals surface area contributed by atoms with Gasteiger partial charge in [0.25, 0.3) is 5.91 Å². The highest BCUT2D eigenvalue weighted by Gasteiger charge is 2.27. The van der Waals surface area contributed by atoms with Crippen LogP contribution in [0.25, 0.3) is 0 Å². The average molecular weight is 319 g/mol. The van der Waals surface area contributed by atoms with Crippen LogP contribution in [0, 0.1) is 18.8 Å². The second kappa shape index (κ2) is 7.47. The van der Waals surface area contributed by atoms with Crippen LogP contribution >= 0.6 is 0 Å². The van der Waals surface area contributed by atoms with Crippen molar-refractivity contribution in [1.29, 1.82) is 0 Å². The number of rotatable bonds is 5. The molecule has 5 heteroatoms. The molecule has 0 unspecified atom stereocenters. The lowest BCUT2D eigenvalue weighted by Gasteiger charge is -2.31. The number of carbonyl (C=O) groups excluding carboxylic acids is 1. The molecule has 1 aliphatic carbocycles. The van der Waals surface area contributed by atoms with Crippen LogP contribution in [0.2, 0.25) is 0 Å². The Labute approximate surface area is 139 Å². The smallest absolute Gasteiger partial charge is 0.272 e. The van der Waals surface area contributed by atoms with Gasteiger partial charge in [-0.1, -0.05) is 19.3 Å². The van der Waals surface area contributed by atoms with Gasteiger partial charge in [-0.05, 0) is 38.2 Å². The standard InChI is InChI=1S/C18H29N3O2/c1-14-10-17(20(2)19-14)18(22)21(12-16-8-9-23-13-16)11-15-6-4-3-5-7-15/h10,15-16H,3-9,11-13H2,1-2H3/t16-/m0/s1. The van der Waals surface area contributed by atoms with Gasteiger partial charge in [0.05, 0.1) is 12.3 Å². The predicted octanol–water partition coefficient (Wildman–Crippen LogP) is 2.79. The van der Waals surface area contributed by atoms with E-state index in [0.29, 0.717) is 17.5 Å². The lowest BCUT2D eigenvalue weighted by molar-refractivity contribution is 0.0662. The third-order valence-corrected chi connectivity index (χ3v) is 5.21. The minimum atomic E-state index is 0.130. The maximum atomic E-state index is 13.1. The van der Waals surface area contributed by atoms with E-state index in [9.17, 15) is 4.79 Å². The van der Waals surface area contributed by atoms with Crippen LogP contribution in [0.3, 0.4) is 0 Å². The molecule has 1 aromatic heterocycles. The van der Waals surface area contributed by atoms with E-state index < -0.39 is 0 Å². The van der Waals surface area contributed by atoms with Crippen molar-refractivity contribution in [3.8, 4) is 0 Å². The molecule has 0 radical (unpaired) electrons. The van der Waals surface area contributed by atoms with E-state index in [1.807, 2.05) is 20.0 Å². The molecule has 1 atom stereocenters. The van der Waals surface area contributed by atoms with Crippen LogP contribution in [0.1, 0.15) is 54.7 Å². The predicted molar refractivity (Wildman–Crippen MR) is 89.3 cm³/mol. The summed E-state index contributed by atoms with van der Waals surface area (Å²) in [5.41, 5.74) is 1.61. The second-order valence-corrected chi connectivity index (χ2v) is 7.24. The fourth-order valence-electron chi connectivity index (χ4n) is 3.93. The van der Waals surface area contributed by atoms with Crippen LogP contribution in [0.4, 0.5) is 0 Å². The van der Waals surface area contributed by atoms with Crippen molar-refractivity contribution in [2.45, 2.75) is 45.4 Å². The summed E-state index contributed by atoms with van der Waals surface area (Å²) in [4.78, 5) is 15.1. The van der Waals surface area contributed by atoms with Crippen molar-refractivity contribution in [3.05, 3.63) is 17.5 Å². The van der Waals surface area contributed by atoms with E-state index in [0.717, 1.165) is 38.4 Å². The second-order valence-electron chi connectivity index (χ2n) is 7.24. The van der Waals surface area contributed by atoms with Gasteiger partial charge in [-0.2, -0.15) is 5.10 Å². The molecule has 128 valence electrons. The first-order chi connectivity index (χ1) is 11.1. The Bertz CT molecular complexity index is 528. The Balaban J connectivity index is 1.72. The van der Waals surface area contributed by atoms with E-state index in [2.05, 4.69) is 10.00 Å². The Morgan fingerprint density at radius 1 is 1.26 bits per heavy atom. The van der Waals surface area contributed by atoms with Gasteiger partial charge < -0.3 is 9.64 Å². The fraction of sp³-hybridized carbons (Fsp3) is 0.778. The third-order valence-electron chi connectivity index (χ3n) is 5.21. The molecule has 1 saturated carbocycles. The Morgan fingerprint density at radius 3 is 2.61 bits per heavy atom. The highest BCUT2D eigenvalue weighted by Crippen LogP contribution is 2.26. The van der Waals surface area contributed by atoms with Gasteiger partial charge >= 0.3 is 0 Å². The van der Waals surface area contributed by atoms with Crippen molar-refractivity contribution in [2.75, 3.05) is 26.3 Å². The summed E-state index contributed by atoms with van der Waals surface area (Å²) in [6.45, 7) is 5.27. The average Bonchev–Trinajstić information content (AvgIpc) is 3.16. The monoisotopic (exact) mass is 319 g/mol. The number of ether oxygens (including phenoxy) is 1. The van der Waals surface area contributed by atoms with Crippen LogP contribution in [-0.4, -0.2) is 46.9 Å². The van der Waals surface area contributed by atoms with Gasteiger partial charge in [0, 0.05) is 32.7 Å². The van der Waals surface area contributed by atoms with Gasteiger partial charge in [0.1, 0.15) is 5.69 Å². The van der Waals surface area contributed by atoms with E-state index in [1.54, 1.807) is 4.68 Å². The number of nitrogens with zero attached hydrogens (tertiary/aromatic N) is 3. The van der Waals surface area contributed by atoms with E-state index >= 15 is 0 Å². The number of amides is 1. The fourth-order valence-corrected chi connectivity index (χ4v) is 3.93. The lowest BCUT2D eigenvalue weighted by Crippen LogP contribution is -2.40. The van der Waals surface area contributed by atoms with Gasteiger partial charge in [-0.15, -0.1) is 0 Å². The van der Waals surface area contributed by atoms with Crippen molar-refractivity contribution < 1.29 is 9.53 Å². The van der Waals surface area contributed by atoms with Crippen molar-refractivity contribution in [1.82, 2.24) is 14.7 Å². The number of carbonyl (C=O) groups is 1. The molecule has 2 aliphatic rings. The van der Waals surface area contributed by atoms with Crippen LogP contribution in [0.15, 0.2) is 6.07 Å². The minimum absolute atomic E-state index is 0.130. The summed E-state index contributed by atoms with van der Waals surface area (Å²) < 4.78 is 7.22. The first-order valence-electron chi connectivity index (χ1n) is 9.01. The Hall–Kier alpha value is -1.36. The van der Waals surface area contributed by atoms with Crippen molar-refractivity contribution in [2.24, 2.45) is 18.9 Å². The molecule has 0 bridgehead atoms. The molecule has 3 rings (SSSR count). The number of aromatic nitrogens is 2. The van der Waals surface area contributed by atoms with E-state index in [-0.39, 0.29) is 5.91 Å². The van der Waals surface area contributed by atoms with E-state index in [1.165, 1.54) is 32.1 Å². The Morgan fingerprint density at radius 2 is 2.00 bits per heavy atom. The molecule has 23 heavy (non-hydrogen) atoms. The molecule has 0 spiro atoms. The molecule has 1 amide bonds. The normalized spacial score (nSPS) is 22.4. The summed E-state index contributed by atoms with van der Waals surface area (Å²) in [6, 6.07) is 1.90. The molecule has 1 saturated heterocycles. The van der Waals surface area contributed by atoms with Gasteiger partial charge in [-0.25, -0.2) is 0 Å². The summed E-state index contributed by atoms with van der Waals surface area (Å²) in [5, 5.41) is 4.34. The number of aryl methyl sites for hydroxylation is 2. The summed E-state index contributed by atoms with van der Waals surface area (Å²) in [7, 11) is 1.86. The van der Waals surface area contributed by atoms with Gasteiger partial charge in [0.15, 0.2) is 0 Å². The molecule has 0 aromatic carbocycles. The highest BCUT2D eigenvalue weighted by molar-refractivity contribution is 5.92. The number of hydrogen-bond donors (Lipinski definition) is 0. The molecule has 1 aromatic rings. The summed E-state index contributed by atoms with van der Waals surface area (Å²) >= 11 is 0. The summed E-state index contributed by atoms with van der Waals surface area (Å²) in [5.74, 6) is 1.27. The van der Waals surface area contributed by atoms with Crippen LogP contribution in [0.5, 0.6) is 0 Å². The maximum absolute atomic E-state index is 13.1. The summed E-state index contributed by atoms with van der Waals surface area (Å²) in [6.07, 6.45) is 7.56. The first kappa shape index (κ1) is 16.5. The van der Waals surface area contributed by atoms with Crippen molar-refractivity contribution in [3.63, 3.8) is 0 Å². The minimum Gasteiger partial charge on any atom is -0.381 e. The molecular formula is C18H29N3O2. The largest absolute Gasteiger partial charge is 0.381 e. The van der Waals surface area contributed by atoms with Gasteiger partial charge in [0.2, 0.25) is 0 Å². The maximum Gasteiger partial charge on any atom is 0.272 e. The first-order valence-corrected chi connectivity index (χ1v) is 9.01. The van der Waals surface area contributed by atoms with Crippen LogP contribution in [-0.2, 0) is 11.8 Å². The Kier molecular flexibility index (Phi) is 5.36. The molecule has 2 heterocycles. The SMILES string of the molecule is Cc1cc(C(=O)N(CC2CCCCC2)C[C@@H]2CCOC2)n(C)n1. The highest BCUT2D eigenvalue weighted by atomic mass is 16.5. The zero-order chi connectivity index (χ0) is 16.2. The topological polar surface area (TPSA) is 47.4 Å². The third kappa shape index (κ3) is 4.14. The van der Waals surface area contributed by atoms with E-state index in [4.69, 9.17) is 4.74 Å². The molecule has 5 nitrogen and oxygen atoms in total. The zero-order valence-electron chi connectivity index (χ0n) is 14.5. The molecular weight excluding hydrogens is 290 g/mol. The quantitative estimate of drug-likeness (QED) is 0.838.